The Labute approximate surface area is 455 Å². The molecule has 6 unspecified atom stereocenters. The fourth-order valence-electron chi connectivity index (χ4n) is 8.56. The average Bonchev–Trinajstić information content (AvgIpc) is 3.39. The van der Waals surface area contributed by atoms with Crippen LogP contribution in [0.2, 0.25) is 0 Å². The molecule has 1 saturated heterocycles. The first-order valence-corrected chi connectivity index (χ1v) is 29.9. The van der Waals surface area contributed by atoms with E-state index in [9.17, 15) is 34.5 Å². The van der Waals surface area contributed by atoms with Crippen LogP contribution in [-0.2, 0) is 42.9 Å². The van der Waals surface area contributed by atoms with Gasteiger partial charge in [0.2, 0.25) is 0 Å². The highest BCUT2D eigenvalue weighted by Gasteiger charge is 2.50. The number of carboxylic acid groups (broad SMARTS) is 1. The zero-order valence-corrected chi connectivity index (χ0v) is 47.3. The summed E-state index contributed by atoms with van der Waals surface area (Å²) >= 11 is 0. The van der Waals surface area contributed by atoms with Gasteiger partial charge in [0.1, 0.15) is 18.8 Å². The summed E-state index contributed by atoms with van der Waals surface area (Å²) in [6.45, 7) is 5.87. The standard InChI is InChI=1S/C63H106O12/c1-4-7-10-13-16-19-22-24-26-27-28-29-31-33-36-39-42-45-48-51-57(66)74-61-59(68)58(67)60(62(69)70)75-63(61)72-53-54(73-56(65)50-47-44-41-38-34-21-18-15-12-9-6-3)52-71-55(64)49-46-43-40-37-35-32-30-25-23-20-17-14-11-8-5-2/h15-20,24-26,28-30,54,58-61,63,67-68H,4-14,21-23,27,31-53H2,1-3H3,(H,69,70)/b18-15-,19-16-,20-17-,26-24-,29-28-,30-25-. The van der Waals surface area contributed by atoms with Crippen LogP contribution in [0.1, 0.15) is 252 Å². The van der Waals surface area contributed by atoms with E-state index in [-0.39, 0.29) is 25.9 Å². The molecule has 0 radical (unpaired) electrons. The number of carboxylic acids is 1. The van der Waals surface area contributed by atoms with Crippen LogP contribution < -0.4 is 0 Å². The molecule has 0 aromatic rings. The molecule has 3 N–H and O–H groups in total. The van der Waals surface area contributed by atoms with Gasteiger partial charge in [-0.2, -0.15) is 0 Å². The van der Waals surface area contributed by atoms with Gasteiger partial charge in [-0.25, -0.2) is 4.79 Å². The minimum atomic E-state index is -1.91. The van der Waals surface area contributed by atoms with Crippen molar-refractivity contribution in [2.24, 2.45) is 0 Å². The van der Waals surface area contributed by atoms with Gasteiger partial charge in [0, 0.05) is 19.3 Å². The average molecular weight is 1060 g/mol. The molecule has 1 fully saturated rings. The summed E-state index contributed by atoms with van der Waals surface area (Å²) in [6, 6.07) is 0. The Morgan fingerprint density at radius 1 is 0.440 bits per heavy atom. The lowest BCUT2D eigenvalue weighted by Gasteiger charge is -2.40. The minimum absolute atomic E-state index is 0.0420. The van der Waals surface area contributed by atoms with Crippen LogP contribution in [0.4, 0.5) is 0 Å². The van der Waals surface area contributed by atoms with Crippen molar-refractivity contribution in [2.45, 2.75) is 289 Å². The van der Waals surface area contributed by atoms with Crippen molar-refractivity contribution in [1.82, 2.24) is 0 Å². The van der Waals surface area contributed by atoms with E-state index >= 15 is 0 Å². The van der Waals surface area contributed by atoms with Crippen molar-refractivity contribution in [3.05, 3.63) is 72.9 Å². The summed E-state index contributed by atoms with van der Waals surface area (Å²) in [5.74, 6) is -3.16. The molecular formula is C63H106O12. The lowest BCUT2D eigenvalue weighted by atomic mass is 9.98. The first kappa shape index (κ1) is 69.2. The molecule has 0 saturated carbocycles. The highest BCUT2D eigenvalue weighted by Crippen LogP contribution is 2.26. The van der Waals surface area contributed by atoms with Crippen LogP contribution in [0.15, 0.2) is 72.9 Å². The summed E-state index contributed by atoms with van der Waals surface area (Å²) in [6.07, 6.45) is 51.5. The lowest BCUT2D eigenvalue weighted by molar-refractivity contribution is -0.301. The number of ether oxygens (including phenoxy) is 5. The second-order valence-corrected chi connectivity index (χ2v) is 20.3. The molecule has 6 atom stereocenters. The zero-order chi connectivity index (χ0) is 54.7. The monoisotopic (exact) mass is 1050 g/mol. The fraction of sp³-hybridized carbons (Fsp3) is 0.746. The summed E-state index contributed by atoms with van der Waals surface area (Å²) < 4.78 is 28.4. The van der Waals surface area contributed by atoms with E-state index in [1.807, 2.05) is 0 Å². The predicted molar refractivity (Wildman–Crippen MR) is 303 cm³/mol. The molecule has 1 rings (SSSR count). The first-order valence-electron chi connectivity index (χ1n) is 29.9. The van der Waals surface area contributed by atoms with Gasteiger partial charge in [-0.15, -0.1) is 0 Å². The molecular weight excluding hydrogens is 949 g/mol. The number of carbonyl (C=O) groups excluding carboxylic acids is 3. The Morgan fingerprint density at radius 2 is 0.813 bits per heavy atom. The number of aliphatic carboxylic acids is 1. The molecule has 1 aliphatic rings. The van der Waals surface area contributed by atoms with E-state index in [1.54, 1.807) is 0 Å². The van der Waals surface area contributed by atoms with Crippen LogP contribution in [0, 0.1) is 0 Å². The molecule has 0 amide bonds. The Hall–Kier alpha value is -3.84. The summed E-state index contributed by atoms with van der Waals surface area (Å²) in [7, 11) is 0. The summed E-state index contributed by atoms with van der Waals surface area (Å²) in [5.41, 5.74) is 0. The molecule has 12 heteroatoms. The van der Waals surface area contributed by atoms with Crippen molar-refractivity contribution in [1.29, 1.82) is 0 Å². The normalized spacial score (nSPS) is 18.7. The Kier molecular flexibility index (Phi) is 47.0. The molecule has 0 aromatic carbocycles. The maximum Gasteiger partial charge on any atom is 0.335 e. The number of esters is 3. The van der Waals surface area contributed by atoms with Crippen LogP contribution in [0.25, 0.3) is 0 Å². The van der Waals surface area contributed by atoms with Gasteiger partial charge in [-0.3, -0.25) is 14.4 Å². The maximum absolute atomic E-state index is 13.1. The zero-order valence-electron chi connectivity index (χ0n) is 47.3. The van der Waals surface area contributed by atoms with Crippen LogP contribution >= 0.6 is 0 Å². The fourth-order valence-corrected chi connectivity index (χ4v) is 8.56. The third kappa shape index (κ3) is 41.0. The van der Waals surface area contributed by atoms with E-state index < -0.39 is 67.3 Å². The van der Waals surface area contributed by atoms with Gasteiger partial charge in [-0.1, -0.05) is 196 Å². The lowest BCUT2D eigenvalue weighted by Crippen LogP contribution is -2.61. The first-order chi connectivity index (χ1) is 36.6. The number of rotatable bonds is 50. The van der Waals surface area contributed by atoms with Crippen molar-refractivity contribution in [3.8, 4) is 0 Å². The smallest absolute Gasteiger partial charge is 0.335 e. The molecule has 0 aromatic heterocycles. The van der Waals surface area contributed by atoms with Crippen molar-refractivity contribution in [3.63, 3.8) is 0 Å². The van der Waals surface area contributed by atoms with Gasteiger partial charge >= 0.3 is 23.9 Å². The van der Waals surface area contributed by atoms with Gasteiger partial charge in [0.15, 0.2) is 24.6 Å². The third-order valence-electron chi connectivity index (χ3n) is 13.2. The van der Waals surface area contributed by atoms with Crippen molar-refractivity contribution >= 4 is 23.9 Å². The number of hydrogen-bond donors (Lipinski definition) is 3. The van der Waals surface area contributed by atoms with E-state index in [4.69, 9.17) is 23.7 Å². The number of unbranched alkanes of at least 4 members (excludes halogenated alkanes) is 24. The Bertz CT molecular complexity index is 1580. The van der Waals surface area contributed by atoms with Gasteiger partial charge in [-0.05, 0) is 109 Å². The van der Waals surface area contributed by atoms with Gasteiger partial charge in [0.05, 0.1) is 6.61 Å². The molecule has 0 bridgehead atoms. The number of aliphatic hydroxyl groups is 2. The van der Waals surface area contributed by atoms with E-state index in [2.05, 4.69) is 93.7 Å². The number of hydrogen-bond acceptors (Lipinski definition) is 11. The van der Waals surface area contributed by atoms with Crippen molar-refractivity contribution in [2.75, 3.05) is 13.2 Å². The quantitative estimate of drug-likeness (QED) is 0.0228. The molecule has 75 heavy (non-hydrogen) atoms. The highest BCUT2D eigenvalue weighted by atomic mass is 16.7. The minimum Gasteiger partial charge on any atom is -0.479 e. The highest BCUT2D eigenvalue weighted by molar-refractivity contribution is 5.74. The Morgan fingerprint density at radius 3 is 1.27 bits per heavy atom. The van der Waals surface area contributed by atoms with Crippen LogP contribution in [0.3, 0.4) is 0 Å². The number of carbonyl (C=O) groups is 4. The number of allylic oxidation sites excluding steroid dienone is 12. The Balaban J connectivity index is 2.68. The summed E-state index contributed by atoms with van der Waals surface area (Å²) in [5, 5.41) is 31.5. The maximum atomic E-state index is 13.1. The molecule has 12 nitrogen and oxygen atoms in total. The summed E-state index contributed by atoms with van der Waals surface area (Å²) in [4.78, 5) is 51.1. The van der Waals surface area contributed by atoms with Gasteiger partial charge in [0.25, 0.3) is 0 Å². The van der Waals surface area contributed by atoms with E-state index in [1.165, 1.54) is 57.8 Å². The molecule has 430 valence electrons. The molecule has 1 aliphatic heterocycles. The molecule has 0 spiro atoms. The second kappa shape index (κ2) is 50.9. The van der Waals surface area contributed by atoms with Crippen LogP contribution in [-0.4, -0.2) is 89.2 Å². The van der Waals surface area contributed by atoms with Crippen LogP contribution in [0.5, 0.6) is 0 Å². The number of aliphatic hydroxyl groups excluding tert-OH is 2. The topological polar surface area (TPSA) is 175 Å². The SMILES string of the molecule is CCCC/C=C\CCCCCCCC(=O)OC(COC(=O)CCCCCCC/C=C\C/C=C\CCCCC)COC1OC(C(=O)O)C(O)C(O)C1OC(=O)CCCCCCCC/C=C\C/C=C\C/C=C\CCCCC. The second-order valence-electron chi connectivity index (χ2n) is 20.3. The molecule has 0 aliphatic carbocycles. The third-order valence-corrected chi connectivity index (χ3v) is 13.2. The van der Waals surface area contributed by atoms with Gasteiger partial charge < -0.3 is 39.0 Å². The van der Waals surface area contributed by atoms with E-state index in [0.29, 0.717) is 19.3 Å². The largest absolute Gasteiger partial charge is 0.479 e. The van der Waals surface area contributed by atoms with Crippen molar-refractivity contribution < 1.29 is 58.2 Å². The predicted octanol–water partition coefficient (Wildman–Crippen LogP) is 15.3. The van der Waals surface area contributed by atoms with E-state index in [0.717, 1.165) is 135 Å². The molecule has 1 heterocycles.